The Kier molecular flexibility index (Phi) is 6.00. The van der Waals surface area contributed by atoms with Crippen LogP contribution >= 0.6 is 11.6 Å². The number of β-amino-alcohol motifs (C(OH)–C–C–N with tert-alkyl or cyclic N) is 1. The number of carbonyl (C=O) groups excluding carboxylic acids is 3. The summed E-state index contributed by atoms with van der Waals surface area (Å²) in [5.41, 5.74) is 0.654. The predicted molar refractivity (Wildman–Crippen MR) is 89.1 cm³/mol. The number of halogens is 1. The number of amides is 1. The first kappa shape index (κ1) is 18.8. The van der Waals surface area contributed by atoms with Gasteiger partial charge in [0.2, 0.25) is 0 Å². The van der Waals surface area contributed by atoms with Crippen molar-refractivity contribution in [1.29, 1.82) is 0 Å². The number of aliphatic hydroxyl groups is 1. The lowest BCUT2D eigenvalue weighted by Gasteiger charge is -2.15. The van der Waals surface area contributed by atoms with Crippen LogP contribution in [0.1, 0.15) is 10.4 Å². The molecular weight excluding hydrogens is 352 g/mol. The lowest BCUT2D eigenvalue weighted by molar-refractivity contribution is -0.136. The Morgan fingerprint density at radius 2 is 1.96 bits per heavy atom. The van der Waals surface area contributed by atoms with E-state index in [-0.39, 0.29) is 41.6 Å². The molecule has 2 N–H and O–H groups in total. The SMILES string of the molecule is COC(=O)C1=C(Nc2ccc(Cl)c(C(=O)OC)c2)C(=O)N(CCO)C1. The largest absolute Gasteiger partial charge is 0.466 e. The number of rotatable bonds is 6. The Hall–Kier alpha value is -2.58. The molecule has 0 aliphatic carbocycles. The Morgan fingerprint density at radius 1 is 1.28 bits per heavy atom. The third-order valence-corrected chi connectivity index (χ3v) is 3.92. The number of carbonyl (C=O) groups is 3. The number of nitrogens with one attached hydrogen (secondary N) is 1. The molecule has 1 heterocycles. The summed E-state index contributed by atoms with van der Waals surface area (Å²) in [6, 6.07) is 4.44. The van der Waals surface area contributed by atoms with Crippen molar-refractivity contribution in [1.82, 2.24) is 4.90 Å². The number of anilines is 1. The Balaban J connectivity index is 2.37. The zero-order valence-corrected chi connectivity index (χ0v) is 14.4. The quantitative estimate of drug-likeness (QED) is 0.715. The minimum Gasteiger partial charge on any atom is -0.466 e. The molecule has 0 aromatic heterocycles. The molecule has 1 aromatic rings. The van der Waals surface area contributed by atoms with Gasteiger partial charge in [0.05, 0.1) is 43.5 Å². The summed E-state index contributed by atoms with van der Waals surface area (Å²) in [6.07, 6.45) is 0. The summed E-state index contributed by atoms with van der Waals surface area (Å²) >= 11 is 5.96. The van der Waals surface area contributed by atoms with Gasteiger partial charge in [0.1, 0.15) is 5.70 Å². The molecule has 2 rings (SSSR count). The van der Waals surface area contributed by atoms with Crippen LogP contribution in [0.2, 0.25) is 5.02 Å². The zero-order chi connectivity index (χ0) is 18.6. The fraction of sp³-hybridized carbons (Fsp3) is 0.312. The Morgan fingerprint density at radius 3 is 2.56 bits per heavy atom. The molecule has 0 saturated carbocycles. The number of benzene rings is 1. The molecule has 0 spiro atoms. The van der Waals surface area contributed by atoms with E-state index in [1.807, 2.05) is 0 Å². The van der Waals surface area contributed by atoms with Crippen molar-refractivity contribution in [3.63, 3.8) is 0 Å². The van der Waals surface area contributed by atoms with Crippen molar-refractivity contribution in [2.45, 2.75) is 0 Å². The summed E-state index contributed by atoms with van der Waals surface area (Å²) < 4.78 is 9.35. The molecule has 8 nitrogen and oxygen atoms in total. The van der Waals surface area contributed by atoms with Crippen molar-refractivity contribution in [2.24, 2.45) is 0 Å². The summed E-state index contributed by atoms with van der Waals surface area (Å²) in [7, 11) is 2.44. The van der Waals surface area contributed by atoms with E-state index in [1.165, 1.54) is 31.3 Å². The second kappa shape index (κ2) is 8.00. The highest BCUT2D eigenvalue weighted by atomic mass is 35.5. The minimum absolute atomic E-state index is 0.0197. The first-order chi connectivity index (χ1) is 11.9. The number of aliphatic hydroxyl groups excluding tert-OH is 1. The van der Waals surface area contributed by atoms with Gasteiger partial charge in [0.25, 0.3) is 5.91 Å². The molecule has 25 heavy (non-hydrogen) atoms. The van der Waals surface area contributed by atoms with Gasteiger partial charge in [0, 0.05) is 12.2 Å². The average molecular weight is 369 g/mol. The fourth-order valence-electron chi connectivity index (χ4n) is 2.36. The van der Waals surface area contributed by atoms with Gasteiger partial charge in [-0.1, -0.05) is 11.6 Å². The summed E-state index contributed by atoms with van der Waals surface area (Å²) in [4.78, 5) is 37.4. The fourth-order valence-corrected chi connectivity index (χ4v) is 2.56. The Bertz CT molecular complexity index is 746. The third kappa shape index (κ3) is 3.92. The van der Waals surface area contributed by atoms with Gasteiger partial charge in [-0.25, -0.2) is 9.59 Å². The highest BCUT2D eigenvalue weighted by molar-refractivity contribution is 6.33. The topological polar surface area (TPSA) is 105 Å². The van der Waals surface area contributed by atoms with Crippen LogP contribution in [-0.4, -0.2) is 61.8 Å². The van der Waals surface area contributed by atoms with Crippen LogP contribution in [0.4, 0.5) is 5.69 Å². The maximum Gasteiger partial charge on any atom is 0.339 e. The van der Waals surface area contributed by atoms with Crippen LogP contribution in [0, 0.1) is 0 Å². The first-order valence-electron chi connectivity index (χ1n) is 7.29. The monoisotopic (exact) mass is 368 g/mol. The van der Waals surface area contributed by atoms with E-state index < -0.39 is 17.8 Å². The van der Waals surface area contributed by atoms with Gasteiger partial charge in [-0.05, 0) is 18.2 Å². The number of ether oxygens (including phenoxy) is 2. The molecule has 0 radical (unpaired) electrons. The minimum atomic E-state index is -0.654. The molecule has 0 atom stereocenters. The van der Waals surface area contributed by atoms with Gasteiger partial charge in [0.15, 0.2) is 0 Å². The van der Waals surface area contributed by atoms with E-state index in [2.05, 4.69) is 10.1 Å². The van der Waals surface area contributed by atoms with E-state index in [0.717, 1.165) is 0 Å². The predicted octanol–water partition coefficient (Wildman–Crippen LogP) is 0.800. The van der Waals surface area contributed by atoms with Gasteiger partial charge < -0.3 is 24.8 Å². The van der Waals surface area contributed by atoms with Crippen LogP contribution in [0.5, 0.6) is 0 Å². The molecule has 0 saturated heterocycles. The molecule has 0 bridgehead atoms. The number of nitrogens with zero attached hydrogens (tertiary/aromatic N) is 1. The number of methoxy groups -OCH3 is 2. The molecule has 134 valence electrons. The van der Waals surface area contributed by atoms with E-state index in [4.69, 9.17) is 21.4 Å². The first-order valence-corrected chi connectivity index (χ1v) is 7.67. The van der Waals surface area contributed by atoms with E-state index in [0.29, 0.717) is 5.69 Å². The van der Waals surface area contributed by atoms with Crippen LogP contribution < -0.4 is 5.32 Å². The van der Waals surface area contributed by atoms with Crippen LogP contribution in [-0.2, 0) is 19.1 Å². The van der Waals surface area contributed by atoms with E-state index >= 15 is 0 Å². The highest BCUT2D eigenvalue weighted by Gasteiger charge is 2.34. The smallest absolute Gasteiger partial charge is 0.339 e. The Labute approximate surface area is 149 Å². The molecule has 9 heteroatoms. The van der Waals surface area contributed by atoms with Crippen LogP contribution in [0.15, 0.2) is 29.5 Å². The van der Waals surface area contributed by atoms with Crippen molar-refractivity contribution >= 4 is 35.1 Å². The molecule has 1 amide bonds. The highest BCUT2D eigenvalue weighted by Crippen LogP contribution is 2.26. The maximum absolute atomic E-state index is 12.4. The normalized spacial score (nSPS) is 13.9. The molecule has 1 aliphatic heterocycles. The molecule has 1 aromatic carbocycles. The van der Waals surface area contributed by atoms with Crippen molar-refractivity contribution in [3.8, 4) is 0 Å². The molecule has 0 unspecified atom stereocenters. The van der Waals surface area contributed by atoms with Crippen molar-refractivity contribution in [3.05, 3.63) is 40.1 Å². The number of esters is 2. The standard InChI is InChI=1S/C16H17ClN2O6/c1-24-15(22)10-7-9(3-4-12(10)17)18-13-11(16(23)25-2)8-19(5-6-20)14(13)21/h3-4,7,18,20H,5-6,8H2,1-2H3. The summed E-state index contributed by atoms with van der Waals surface area (Å²) in [5.74, 6) is -1.74. The lowest BCUT2D eigenvalue weighted by atomic mass is 10.1. The van der Waals surface area contributed by atoms with E-state index in [9.17, 15) is 14.4 Å². The van der Waals surface area contributed by atoms with Gasteiger partial charge in [-0.15, -0.1) is 0 Å². The van der Waals surface area contributed by atoms with Gasteiger partial charge in [-0.3, -0.25) is 4.79 Å². The molecular formula is C16H17ClN2O6. The second-order valence-electron chi connectivity index (χ2n) is 5.11. The zero-order valence-electron chi connectivity index (χ0n) is 13.7. The van der Waals surface area contributed by atoms with Gasteiger partial charge in [-0.2, -0.15) is 0 Å². The van der Waals surface area contributed by atoms with Gasteiger partial charge >= 0.3 is 11.9 Å². The van der Waals surface area contributed by atoms with E-state index in [1.54, 1.807) is 6.07 Å². The average Bonchev–Trinajstić information content (AvgIpc) is 2.92. The molecule has 0 fully saturated rings. The third-order valence-electron chi connectivity index (χ3n) is 3.59. The van der Waals surface area contributed by atoms with Crippen molar-refractivity contribution in [2.75, 3.05) is 39.2 Å². The number of hydrogen-bond donors (Lipinski definition) is 2. The summed E-state index contributed by atoms with van der Waals surface area (Å²) in [6.45, 7) is -0.134. The summed E-state index contributed by atoms with van der Waals surface area (Å²) in [5, 5.41) is 12.1. The maximum atomic E-state index is 12.4. The number of hydrogen-bond acceptors (Lipinski definition) is 7. The molecule has 1 aliphatic rings. The van der Waals surface area contributed by atoms with Crippen molar-refractivity contribution < 1.29 is 29.0 Å². The van der Waals surface area contributed by atoms with Crippen LogP contribution in [0.3, 0.4) is 0 Å². The second-order valence-corrected chi connectivity index (χ2v) is 5.51. The lowest BCUT2D eigenvalue weighted by Crippen LogP contribution is -2.31. The van der Waals surface area contributed by atoms with Crippen LogP contribution in [0.25, 0.3) is 0 Å².